The van der Waals surface area contributed by atoms with E-state index >= 15 is 0 Å². The summed E-state index contributed by atoms with van der Waals surface area (Å²) in [7, 11) is 0. The van der Waals surface area contributed by atoms with Crippen LogP contribution < -0.4 is 5.73 Å². The van der Waals surface area contributed by atoms with E-state index < -0.39 is 24.2 Å². The Morgan fingerprint density at radius 1 is 1.15 bits per heavy atom. The van der Waals surface area contributed by atoms with Gasteiger partial charge in [-0.25, -0.2) is 9.18 Å². The molecule has 1 aromatic carbocycles. The van der Waals surface area contributed by atoms with Gasteiger partial charge in [0.25, 0.3) is 0 Å². The minimum atomic E-state index is -5.08. The van der Waals surface area contributed by atoms with Crippen molar-refractivity contribution >= 4 is 11.9 Å². The van der Waals surface area contributed by atoms with Gasteiger partial charge in [0, 0.05) is 0 Å². The van der Waals surface area contributed by atoms with Crippen molar-refractivity contribution in [2.24, 2.45) is 5.73 Å². The van der Waals surface area contributed by atoms with Gasteiger partial charge < -0.3 is 15.9 Å². The van der Waals surface area contributed by atoms with Crippen LogP contribution in [-0.2, 0) is 16.0 Å². The second-order valence-electron chi connectivity index (χ2n) is 3.58. The zero-order valence-electron chi connectivity index (χ0n) is 9.89. The molecule has 9 heteroatoms. The first-order valence-electron chi connectivity index (χ1n) is 5.07. The zero-order valence-corrected chi connectivity index (χ0v) is 9.89. The van der Waals surface area contributed by atoms with Gasteiger partial charge in [-0.3, -0.25) is 4.79 Å². The maximum Gasteiger partial charge on any atom is 0.490 e. The molecule has 0 bridgehead atoms. The highest BCUT2D eigenvalue weighted by Gasteiger charge is 2.38. The molecule has 0 radical (unpaired) electrons. The molecule has 0 amide bonds. The van der Waals surface area contributed by atoms with Crippen LogP contribution >= 0.6 is 0 Å². The number of aliphatic carboxylic acids is 2. The molecular formula is C11H11F4NO4. The first kappa shape index (κ1) is 17.8. The highest BCUT2D eigenvalue weighted by atomic mass is 19.4. The molecule has 20 heavy (non-hydrogen) atoms. The summed E-state index contributed by atoms with van der Waals surface area (Å²) < 4.78 is 44.2. The molecule has 1 rings (SSSR count). The first-order chi connectivity index (χ1) is 9.04. The average Bonchev–Trinajstić information content (AvgIpc) is 2.31. The Kier molecular flexibility index (Phi) is 6.63. The van der Waals surface area contributed by atoms with Crippen LogP contribution in [0.2, 0.25) is 0 Å². The Morgan fingerprint density at radius 3 is 1.85 bits per heavy atom. The third kappa shape index (κ3) is 7.31. The number of carboxylic acid groups (broad SMARTS) is 2. The van der Waals surface area contributed by atoms with Gasteiger partial charge in [-0.2, -0.15) is 13.2 Å². The molecule has 0 aromatic heterocycles. The summed E-state index contributed by atoms with van der Waals surface area (Å²) in [6.45, 7) is 0. The molecule has 0 unspecified atom stereocenters. The summed E-state index contributed by atoms with van der Waals surface area (Å²) in [4.78, 5) is 19.3. The number of hydrogen-bond acceptors (Lipinski definition) is 3. The van der Waals surface area contributed by atoms with E-state index in [4.69, 9.17) is 20.7 Å². The van der Waals surface area contributed by atoms with Crippen molar-refractivity contribution in [2.45, 2.75) is 18.6 Å². The maximum atomic E-state index is 12.4. The second kappa shape index (κ2) is 7.43. The quantitative estimate of drug-likeness (QED) is 0.732. The standard InChI is InChI=1S/C9H10FNO2.C2HF3O2/c10-7-3-1-6(2-4-7)5-8(11)9(12)13;3-2(4,5)1(6)7/h1-4,8H,5,11H2,(H,12,13);(H,6,7)/t8-;/m0./s1. The fourth-order valence-corrected chi connectivity index (χ4v) is 0.962. The number of alkyl halides is 3. The third-order valence-electron chi connectivity index (χ3n) is 1.93. The summed E-state index contributed by atoms with van der Waals surface area (Å²) in [6, 6.07) is 4.69. The number of rotatable bonds is 3. The van der Waals surface area contributed by atoms with E-state index in [-0.39, 0.29) is 12.2 Å². The maximum absolute atomic E-state index is 12.4. The lowest BCUT2D eigenvalue weighted by atomic mass is 10.1. The van der Waals surface area contributed by atoms with E-state index in [1.807, 2.05) is 0 Å². The normalized spacial score (nSPS) is 12.1. The van der Waals surface area contributed by atoms with E-state index in [9.17, 15) is 22.4 Å². The number of benzene rings is 1. The van der Waals surface area contributed by atoms with Crippen LogP contribution in [0.3, 0.4) is 0 Å². The number of halogens is 4. The molecule has 0 aliphatic carbocycles. The molecule has 4 N–H and O–H groups in total. The average molecular weight is 297 g/mol. The first-order valence-corrected chi connectivity index (χ1v) is 5.07. The Bertz CT molecular complexity index is 458. The van der Waals surface area contributed by atoms with E-state index in [0.717, 1.165) is 5.56 Å². The van der Waals surface area contributed by atoms with E-state index in [2.05, 4.69) is 0 Å². The van der Waals surface area contributed by atoms with Gasteiger partial charge in [-0.15, -0.1) is 0 Å². The van der Waals surface area contributed by atoms with Crippen LogP contribution in [0.4, 0.5) is 17.6 Å². The van der Waals surface area contributed by atoms with Crippen LogP contribution in [0.5, 0.6) is 0 Å². The van der Waals surface area contributed by atoms with E-state index in [1.54, 1.807) is 0 Å². The van der Waals surface area contributed by atoms with E-state index in [0.29, 0.717) is 0 Å². The monoisotopic (exact) mass is 297 g/mol. The molecule has 0 heterocycles. The van der Waals surface area contributed by atoms with Crippen LogP contribution in [0.15, 0.2) is 24.3 Å². The predicted octanol–water partition coefficient (Wildman–Crippen LogP) is 1.41. The lowest BCUT2D eigenvalue weighted by Crippen LogP contribution is -2.32. The Labute approximate surface area is 110 Å². The van der Waals surface area contributed by atoms with Crippen LogP contribution in [-0.4, -0.2) is 34.4 Å². The van der Waals surface area contributed by atoms with Crippen molar-refractivity contribution in [3.05, 3.63) is 35.6 Å². The fraction of sp³-hybridized carbons (Fsp3) is 0.273. The van der Waals surface area contributed by atoms with Crippen LogP contribution in [0, 0.1) is 5.82 Å². The van der Waals surface area contributed by atoms with Gasteiger partial charge in [0.05, 0.1) is 0 Å². The lowest BCUT2D eigenvalue weighted by Gasteiger charge is -2.05. The highest BCUT2D eigenvalue weighted by Crippen LogP contribution is 2.13. The topological polar surface area (TPSA) is 101 Å². The number of hydrogen-bond donors (Lipinski definition) is 3. The molecule has 1 aromatic rings. The predicted molar refractivity (Wildman–Crippen MR) is 59.4 cm³/mol. The molecule has 112 valence electrons. The summed E-state index contributed by atoms with van der Waals surface area (Å²) in [5.74, 6) is -4.15. The minimum absolute atomic E-state index is 0.218. The SMILES string of the molecule is N[C@@H](Cc1ccc(F)cc1)C(=O)O.O=C(O)C(F)(F)F. The van der Waals surface area contributed by atoms with Crippen molar-refractivity contribution in [1.82, 2.24) is 0 Å². The summed E-state index contributed by atoms with van der Waals surface area (Å²) >= 11 is 0. The molecule has 0 spiro atoms. The number of nitrogens with two attached hydrogens (primary N) is 1. The Morgan fingerprint density at radius 2 is 1.55 bits per heavy atom. The van der Waals surface area contributed by atoms with Gasteiger partial charge in [-0.1, -0.05) is 12.1 Å². The molecule has 0 aliphatic rings. The minimum Gasteiger partial charge on any atom is -0.480 e. The number of carboxylic acids is 2. The molecule has 5 nitrogen and oxygen atoms in total. The van der Waals surface area contributed by atoms with Crippen molar-refractivity contribution in [3.63, 3.8) is 0 Å². The molecule has 0 fully saturated rings. The molecule has 0 saturated heterocycles. The molecule has 0 aliphatic heterocycles. The van der Waals surface area contributed by atoms with Crippen molar-refractivity contribution < 1.29 is 37.4 Å². The molecular weight excluding hydrogens is 286 g/mol. The second-order valence-corrected chi connectivity index (χ2v) is 3.58. The van der Waals surface area contributed by atoms with E-state index in [1.165, 1.54) is 24.3 Å². The third-order valence-corrected chi connectivity index (χ3v) is 1.93. The van der Waals surface area contributed by atoms with Crippen LogP contribution in [0.25, 0.3) is 0 Å². The van der Waals surface area contributed by atoms with Gasteiger partial charge in [0.1, 0.15) is 11.9 Å². The van der Waals surface area contributed by atoms with Gasteiger partial charge >= 0.3 is 18.1 Å². The van der Waals surface area contributed by atoms with Crippen molar-refractivity contribution in [3.8, 4) is 0 Å². The summed E-state index contributed by atoms with van der Waals surface area (Å²) in [5, 5.41) is 15.6. The smallest absolute Gasteiger partial charge is 0.480 e. The Balaban J connectivity index is 0.000000441. The zero-order chi connectivity index (χ0) is 15.9. The van der Waals surface area contributed by atoms with Gasteiger partial charge in [0.2, 0.25) is 0 Å². The Hall–Kier alpha value is -2.16. The lowest BCUT2D eigenvalue weighted by molar-refractivity contribution is -0.192. The molecule has 1 atom stereocenters. The largest absolute Gasteiger partial charge is 0.490 e. The highest BCUT2D eigenvalue weighted by molar-refractivity contribution is 5.73. The summed E-state index contributed by atoms with van der Waals surface area (Å²) in [5.41, 5.74) is 6.01. The molecule has 0 saturated carbocycles. The number of carbonyl (C=O) groups is 2. The van der Waals surface area contributed by atoms with Gasteiger partial charge in [0.15, 0.2) is 0 Å². The van der Waals surface area contributed by atoms with Crippen molar-refractivity contribution in [1.29, 1.82) is 0 Å². The van der Waals surface area contributed by atoms with Crippen molar-refractivity contribution in [2.75, 3.05) is 0 Å². The van der Waals surface area contributed by atoms with Gasteiger partial charge in [-0.05, 0) is 24.1 Å². The van der Waals surface area contributed by atoms with Crippen LogP contribution in [0.1, 0.15) is 5.56 Å². The fourth-order valence-electron chi connectivity index (χ4n) is 0.962. The summed E-state index contributed by atoms with van der Waals surface area (Å²) in [6.07, 6.45) is -4.87.